The zero-order valence-electron chi connectivity index (χ0n) is 16.3. The molecular weight excluding hydrogens is 394 g/mol. The molecule has 1 unspecified atom stereocenters. The molecule has 1 amide bonds. The number of rotatable bonds is 7. The van der Waals surface area contributed by atoms with Crippen LogP contribution < -0.4 is 15.6 Å². The maximum Gasteiger partial charge on any atom is 0.262 e. The Morgan fingerprint density at radius 3 is 2.64 bits per heavy atom. The molecule has 0 spiro atoms. The van der Waals surface area contributed by atoms with Crippen LogP contribution >= 0.6 is 23.1 Å². The topological polar surface area (TPSA) is 73.2 Å². The highest BCUT2D eigenvalue weighted by atomic mass is 32.2. The molecule has 0 saturated carbocycles. The molecule has 0 saturated heterocycles. The highest BCUT2D eigenvalue weighted by Gasteiger charge is 2.19. The number of aromatic nitrogens is 2. The molecule has 1 N–H and O–H groups in total. The fourth-order valence-electron chi connectivity index (χ4n) is 2.90. The molecule has 6 nitrogen and oxygen atoms in total. The Balaban J connectivity index is 1.70. The van der Waals surface area contributed by atoms with Crippen LogP contribution in [0.25, 0.3) is 10.2 Å². The van der Waals surface area contributed by atoms with E-state index in [1.165, 1.54) is 27.7 Å². The second-order valence-electron chi connectivity index (χ2n) is 6.75. The van der Waals surface area contributed by atoms with Crippen molar-refractivity contribution in [3.63, 3.8) is 0 Å². The standard InChI is InChI=1S/C20H23N3O3S2/c1-12(2)17(13-5-7-14(26-4)8-6-13)21-16(24)11-28-20-22-18-15(9-10-27-18)19(25)23(20)3/h5-10,12,17H,11H2,1-4H3,(H,21,24). The first-order valence-corrected chi connectivity index (χ1v) is 10.8. The average Bonchev–Trinajstić information content (AvgIpc) is 3.16. The second-order valence-corrected chi connectivity index (χ2v) is 8.59. The zero-order chi connectivity index (χ0) is 20.3. The van der Waals surface area contributed by atoms with Crippen LogP contribution in [-0.4, -0.2) is 28.3 Å². The van der Waals surface area contributed by atoms with Gasteiger partial charge in [0.25, 0.3) is 5.56 Å². The number of benzene rings is 1. The van der Waals surface area contributed by atoms with E-state index < -0.39 is 0 Å². The fourth-order valence-corrected chi connectivity index (χ4v) is 4.49. The largest absolute Gasteiger partial charge is 0.497 e. The van der Waals surface area contributed by atoms with Crippen molar-refractivity contribution in [2.45, 2.75) is 25.0 Å². The summed E-state index contributed by atoms with van der Waals surface area (Å²) in [4.78, 5) is 30.1. The third-order valence-electron chi connectivity index (χ3n) is 4.45. The van der Waals surface area contributed by atoms with Crippen LogP contribution in [0.5, 0.6) is 5.75 Å². The Kier molecular flexibility index (Phi) is 6.41. The van der Waals surface area contributed by atoms with Gasteiger partial charge in [-0.3, -0.25) is 14.2 Å². The first kappa shape index (κ1) is 20.4. The smallest absolute Gasteiger partial charge is 0.262 e. The van der Waals surface area contributed by atoms with E-state index in [9.17, 15) is 9.59 Å². The van der Waals surface area contributed by atoms with Gasteiger partial charge in [-0.05, 0) is 35.1 Å². The molecule has 1 atom stereocenters. The predicted octanol–water partition coefficient (Wildman–Crippen LogP) is 3.61. The number of nitrogens with zero attached hydrogens (tertiary/aromatic N) is 2. The van der Waals surface area contributed by atoms with Crippen LogP contribution in [0.2, 0.25) is 0 Å². The third kappa shape index (κ3) is 4.39. The van der Waals surface area contributed by atoms with Gasteiger partial charge in [0, 0.05) is 7.05 Å². The minimum atomic E-state index is -0.101. The van der Waals surface area contributed by atoms with E-state index in [1.54, 1.807) is 20.2 Å². The number of hydrogen-bond donors (Lipinski definition) is 1. The molecule has 2 aromatic heterocycles. The van der Waals surface area contributed by atoms with Gasteiger partial charge in [-0.25, -0.2) is 4.98 Å². The van der Waals surface area contributed by atoms with Crippen LogP contribution in [0, 0.1) is 5.92 Å². The van der Waals surface area contributed by atoms with E-state index in [0.717, 1.165) is 11.3 Å². The summed E-state index contributed by atoms with van der Waals surface area (Å²) in [5, 5.41) is 6.10. The van der Waals surface area contributed by atoms with Crippen molar-refractivity contribution in [3.8, 4) is 5.75 Å². The number of carbonyl (C=O) groups excluding carboxylic acids is 1. The number of thioether (sulfide) groups is 1. The Bertz CT molecular complexity index is 1030. The van der Waals surface area contributed by atoms with E-state index >= 15 is 0 Å². The molecule has 0 aliphatic carbocycles. The van der Waals surface area contributed by atoms with Crippen LogP contribution in [-0.2, 0) is 11.8 Å². The van der Waals surface area contributed by atoms with E-state index in [4.69, 9.17) is 4.74 Å². The lowest BCUT2D eigenvalue weighted by Crippen LogP contribution is -2.33. The van der Waals surface area contributed by atoms with Crippen molar-refractivity contribution in [1.29, 1.82) is 0 Å². The lowest BCUT2D eigenvalue weighted by Gasteiger charge is -2.23. The van der Waals surface area contributed by atoms with Crippen molar-refractivity contribution >= 4 is 39.2 Å². The Labute approximate surface area is 171 Å². The van der Waals surface area contributed by atoms with Crippen molar-refractivity contribution in [3.05, 3.63) is 51.6 Å². The molecule has 0 fully saturated rings. The fraction of sp³-hybridized carbons (Fsp3) is 0.350. The second kappa shape index (κ2) is 8.79. The van der Waals surface area contributed by atoms with Crippen LogP contribution in [0.15, 0.2) is 45.7 Å². The van der Waals surface area contributed by atoms with Gasteiger partial charge in [-0.1, -0.05) is 37.7 Å². The predicted molar refractivity (Wildman–Crippen MR) is 114 cm³/mol. The van der Waals surface area contributed by atoms with E-state index in [0.29, 0.717) is 15.4 Å². The number of methoxy groups -OCH3 is 1. The van der Waals surface area contributed by atoms with Gasteiger partial charge in [-0.2, -0.15) is 0 Å². The monoisotopic (exact) mass is 417 g/mol. The lowest BCUT2D eigenvalue weighted by molar-refractivity contribution is -0.119. The molecule has 3 aromatic rings. The summed E-state index contributed by atoms with van der Waals surface area (Å²) in [7, 11) is 3.31. The molecule has 2 heterocycles. The van der Waals surface area contributed by atoms with Gasteiger partial charge in [0.1, 0.15) is 10.6 Å². The van der Waals surface area contributed by atoms with E-state index in [-0.39, 0.29) is 29.2 Å². The Morgan fingerprint density at radius 2 is 2.00 bits per heavy atom. The van der Waals surface area contributed by atoms with Crippen LogP contribution in [0.1, 0.15) is 25.5 Å². The summed E-state index contributed by atoms with van der Waals surface area (Å²) in [5.41, 5.74) is 0.937. The summed E-state index contributed by atoms with van der Waals surface area (Å²) in [6.07, 6.45) is 0. The first-order chi connectivity index (χ1) is 13.4. The van der Waals surface area contributed by atoms with Gasteiger partial charge in [0.2, 0.25) is 5.91 Å². The summed E-state index contributed by atoms with van der Waals surface area (Å²) in [5.74, 6) is 1.10. The average molecular weight is 418 g/mol. The molecule has 3 rings (SSSR count). The van der Waals surface area contributed by atoms with Gasteiger partial charge in [-0.15, -0.1) is 11.3 Å². The van der Waals surface area contributed by atoms with E-state index in [2.05, 4.69) is 24.1 Å². The minimum Gasteiger partial charge on any atom is -0.497 e. The summed E-state index contributed by atoms with van der Waals surface area (Å²) < 4.78 is 6.70. The summed E-state index contributed by atoms with van der Waals surface area (Å²) >= 11 is 2.69. The van der Waals surface area contributed by atoms with E-state index in [1.807, 2.05) is 29.6 Å². The molecule has 0 radical (unpaired) electrons. The SMILES string of the molecule is COc1ccc(C(NC(=O)CSc2nc3sccc3c(=O)n2C)C(C)C)cc1. The Hall–Kier alpha value is -2.32. The van der Waals surface area contributed by atoms with Crippen molar-refractivity contribution in [2.24, 2.45) is 13.0 Å². The maximum atomic E-state index is 12.6. The van der Waals surface area contributed by atoms with Crippen molar-refractivity contribution < 1.29 is 9.53 Å². The summed E-state index contributed by atoms with van der Waals surface area (Å²) in [6.45, 7) is 4.14. The lowest BCUT2D eigenvalue weighted by atomic mass is 9.96. The highest BCUT2D eigenvalue weighted by Crippen LogP contribution is 2.25. The molecule has 148 valence electrons. The molecule has 8 heteroatoms. The molecule has 1 aromatic carbocycles. The number of nitrogens with one attached hydrogen (secondary N) is 1. The van der Waals surface area contributed by atoms with Crippen molar-refractivity contribution in [1.82, 2.24) is 14.9 Å². The number of carbonyl (C=O) groups is 1. The minimum absolute atomic E-state index is 0.0903. The third-order valence-corrected chi connectivity index (χ3v) is 6.29. The van der Waals surface area contributed by atoms with Crippen molar-refractivity contribution in [2.75, 3.05) is 12.9 Å². The van der Waals surface area contributed by atoms with Gasteiger partial charge in [0.15, 0.2) is 5.16 Å². The number of hydrogen-bond acceptors (Lipinski definition) is 6. The first-order valence-electron chi connectivity index (χ1n) is 8.91. The van der Waals surface area contributed by atoms with Gasteiger partial charge < -0.3 is 10.1 Å². The highest BCUT2D eigenvalue weighted by molar-refractivity contribution is 7.99. The van der Waals surface area contributed by atoms with Crippen LogP contribution in [0.3, 0.4) is 0 Å². The van der Waals surface area contributed by atoms with Crippen LogP contribution in [0.4, 0.5) is 0 Å². The molecule has 0 aliphatic heterocycles. The number of thiophene rings is 1. The number of ether oxygens (including phenoxy) is 1. The normalized spacial score (nSPS) is 12.3. The van der Waals surface area contributed by atoms with Gasteiger partial charge >= 0.3 is 0 Å². The quantitative estimate of drug-likeness (QED) is 0.470. The maximum absolute atomic E-state index is 12.6. The zero-order valence-corrected chi connectivity index (χ0v) is 17.9. The summed E-state index contributed by atoms with van der Waals surface area (Å²) in [6, 6.07) is 9.39. The molecule has 0 aliphatic rings. The van der Waals surface area contributed by atoms with Gasteiger partial charge in [0.05, 0.1) is 24.3 Å². The Morgan fingerprint density at radius 1 is 1.29 bits per heavy atom. The molecular formula is C20H23N3O3S2. The number of fused-ring (bicyclic) bond motifs is 1. The molecule has 28 heavy (non-hydrogen) atoms. The molecule has 0 bridgehead atoms. The number of amides is 1.